The molecule has 0 saturated carbocycles. The van der Waals surface area contributed by atoms with Gasteiger partial charge >= 0.3 is 5.97 Å². The number of furan rings is 1. The van der Waals surface area contributed by atoms with Gasteiger partial charge in [-0.25, -0.2) is 4.79 Å². The van der Waals surface area contributed by atoms with Crippen LogP contribution in [0.2, 0.25) is 0 Å². The van der Waals surface area contributed by atoms with Crippen LogP contribution in [0, 0.1) is 18.8 Å². The van der Waals surface area contributed by atoms with Gasteiger partial charge in [-0.15, -0.1) is 0 Å². The molecule has 0 radical (unpaired) electrons. The van der Waals surface area contributed by atoms with Crippen LogP contribution in [0.15, 0.2) is 16.7 Å². The van der Waals surface area contributed by atoms with Gasteiger partial charge in [0.2, 0.25) is 0 Å². The van der Waals surface area contributed by atoms with E-state index in [1.54, 1.807) is 13.0 Å². The molecule has 0 spiro atoms. The summed E-state index contributed by atoms with van der Waals surface area (Å²) in [5.41, 5.74) is 0.709. The van der Waals surface area contributed by atoms with Crippen molar-refractivity contribution in [2.45, 2.75) is 6.92 Å². The van der Waals surface area contributed by atoms with Crippen LogP contribution in [-0.4, -0.2) is 13.1 Å². The number of esters is 1. The van der Waals surface area contributed by atoms with E-state index in [-0.39, 0.29) is 0 Å². The average molecular weight is 164 g/mol. The van der Waals surface area contributed by atoms with E-state index in [0.29, 0.717) is 11.3 Å². The first-order valence-electron chi connectivity index (χ1n) is 3.38. The molecule has 1 rings (SSSR count). The van der Waals surface area contributed by atoms with Gasteiger partial charge in [0.25, 0.3) is 0 Å². The summed E-state index contributed by atoms with van der Waals surface area (Å²) in [5, 5.41) is 0. The van der Waals surface area contributed by atoms with E-state index in [4.69, 9.17) is 4.42 Å². The molecule has 0 aliphatic rings. The fourth-order valence-electron chi connectivity index (χ4n) is 0.684. The molecule has 0 unspecified atom stereocenters. The Balaban J connectivity index is 2.79. The summed E-state index contributed by atoms with van der Waals surface area (Å²) in [5.74, 6) is 5.08. The number of rotatable bonds is 0. The molecular weight excluding hydrogens is 156 g/mol. The Morgan fingerprint density at radius 2 is 2.42 bits per heavy atom. The van der Waals surface area contributed by atoms with Gasteiger partial charge in [0.1, 0.15) is 5.76 Å². The predicted octanol–water partition coefficient (Wildman–Crippen LogP) is 1.11. The Morgan fingerprint density at radius 1 is 1.67 bits per heavy atom. The molecule has 0 aliphatic heterocycles. The van der Waals surface area contributed by atoms with Gasteiger partial charge in [-0.05, 0) is 13.0 Å². The number of hydrogen-bond donors (Lipinski definition) is 0. The van der Waals surface area contributed by atoms with Crippen molar-refractivity contribution in [2.75, 3.05) is 7.11 Å². The molecule has 1 aromatic rings. The van der Waals surface area contributed by atoms with Gasteiger partial charge in [-0.3, -0.25) is 0 Å². The van der Waals surface area contributed by atoms with Crippen LogP contribution in [0.25, 0.3) is 0 Å². The molecule has 62 valence electrons. The van der Waals surface area contributed by atoms with E-state index in [1.807, 2.05) is 0 Å². The highest BCUT2D eigenvalue weighted by Crippen LogP contribution is 2.05. The molecule has 0 amide bonds. The Hall–Kier alpha value is -1.69. The Kier molecular flexibility index (Phi) is 2.54. The molecule has 0 atom stereocenters. The fraction of sp³-hybridized carbons (Fsp3) is 0.222. The van der Waals surface area contributed by atoms with Crippen molar-refractivity contribution in [3.05, 3.63) is 23.7 Å². The molecule has 1 heterocycles. The van der Waals surface area contributed by atoms with E-state index in [0.717, 1.165) is 0 Å². The van der Waals surface area contributed by atoms with Crippen LogP contribution < -0.4 is 0 Å². The smallest absolute Gasteiger partial charge is 0.384 e. The molecule has 0 N–H and O–H groups in total. The Labute approximate surface area is 70.3 Å². The lowest BCUT2D eigenvalue weighted by molar-refractivity contribution is -0.133. The van der Waals surface area contributed by atoms with Crippen molar-refractivity contribution in [3.63, 3.8) is 0 Å². The van der Waals surface area contributed by atoms with Gasteiger partial charge in [-0.1, -0.05) is 5.92 Å². The van der Waals surface area contributed by atoms with Gasteiger partial charge in [-0.2, -0.15) is 0 Å². The van der Waals surface area contributed by atoms with Crippen LogP contribution in [0.1, 0.15) is 11.3 Å². The number of carbonyl (C=O) groups is 1. The molecule has 12 heavy (non-hydrogen) atoms. The molecular formula is C9H8O3. The minimum Gasteiger partial charge on any atom is -0.468 e. The molecule has 0 bridgehead atoms. The topological polar surface area (TPSA) is 39.4 Å². The number of aryl methyl sites for hydroxylation is 1. The van der Waals surface area contributed by atoms with E-state index in [1.165, 1.54) is 13.4 Å². The largest absolute Gasteiger partial charge is 0.468 e. The summed E-state index contributed by atoms with van der Waals surface area (Å²) in [6.07, 6.45) is 1.52. The number of ether oxygens (including phenoxy) is 1. The lowest BCUT2D eigenvalue weighted by Crippen LogP contribution is -1.94. The third-order valence-electron chi connectivity index (χ3n) is 1.34. The van der Waals surface area contributed by atoms with E-state index in [2.05, 4.69) is 16.6 Å². The van der Waals surface area contributed by atoms with Crippen LogP contribution in [0.4, 0.5) is 0 Å². The summed E-state index contributed by atoms with van der Waals surface area (Å²) < 4.78 is 9.32. The monoisotopic (exact) mass is 164 g/mol. The highest BCUT2D eigenvalue weighted by atomic mass is 16.5. The van der Waals surface area contributed by atoms with Crippen LogP contribution in [0.3, 0.4) is 0 Å². The predicted molar refractivity (Wildman–Crippen MR) is 42.3 cm³/mol. The number of carbonyl (C=O) groups excluding carboxylic acids is 1. The zero-order valence-corrected chi connectivity index (χ0v) is 6.88. The van der Waals surface area contributed by atoms with Gasteiger partial charge < -0.3 is 9.15 Å². The summed E-state index contributed by atoms with van der Waals surface area (Å²) in [6, 6.07) is 1.70. The van der Waals surface area contributed by atoms with E-state index in [9.17, 15) is 4.79 Å². The van der Waals surface area contributed by atoms with Crippen LogP contribution in [0.5, 0.6) is 0 Å². The van der Waals surface area contributed by atoms with Gasteiger partial charge in [0.15, 0.2) is 0 Å². The van der Waals surface area contributed by atoms with Crippen molar-refractivity contribution >= 4 is 5.97 Å². The SMILES string of the molecule is COC(=O)C#Cc1ccoc1C. The lowest BCUT2D eigenvalue weighted by Gasteiger charge is -1.84. The maximum Gasteiger partial charge on any atom is 0.384 e. The van der Waals surface area contributed by atoms with Crippen LogP contribution >= 0.6 is 0 Å². The third kappa shape index (κ3) is 1.89. The van der Waals surface area contributed by atoms with Crippen molar-refractivity contribution in [2.24, 2.45) is 0 Å². The molecule has 0 fully saturated rings. The zero-order valence-electron chi connectivity index (χ0n) is 6.88. The quantitative estimate of drug-likeness (QED) is 0.426. The lowest BCUT2D eigenvalue weighted by atomic mass is 10.3. The second kappa shape index (κ2) is 3.63. The maximum absolute atomic E-state index is 10.6. The Morgan fingerprint density at radius 3 is 2.92 bits per heavy atom. The first-order valence-corrected chi connectivity index (χ1v) is 3.38. The second-order valence-corrected chi connectivity index (χ2v) is 2.13. The van der Waals surface area contributed by atoms with Crippen molar-refractivity contribution < 1.29 is 13.9 Å². The zero-order chi connectivity index (χ0) is 8.97. The minimum atomic E-state index is -0.546. The summed E-state index contributed by atoms with van der Waals surface area (Å²) in [7, 11) is 1.29. The molecule has 0 saturated heterocycles. The third-order valence-corrected chi connectivity index (χ3v) is 1.34. The summed E-state index contributed by atoms with van der Waals surface area (Å²) in [4.78, 5) is 10.6. The molecule has 1 aromatic heterocycles. The van der Waals surface area contributed by atoms with Crippen molar-refractivity contribution in [1.29, 1.82) is 0 Å². The maximum atomic E-state index is 10.6. The number of methoxy groups -OCH3 is 1. The highest BCUT2D eigenvalue weighted by molar-refractivity contribution is 5.89. The number of hydrogen-bond acceptors (Lipinski definition) is 3. The van der Waals surface area contributed by atoms with Crippen LogP contribution in [-0.2, 0) is 9.53 Å². The fourth-order valence-corrected chi connectivity index (χ4v) is 0.684. The summed E-state index contributed by atoms with van der Waals surface area (Å²) >= 11 is 0. The average Bonchev–Trinajstić information content (AvgIpc) is 2.47. The van der Waals surface area contributed by atoms with E-state index >= 15 is 0 Å². The summed E-state index contributed by atoms with van der Waals surface area (Å²) in [6.45, 7) is 1.78. The molecule has 0 aliphatic carbocycles. The molecule has 0 aromatic carbocycles. The Bertz CT molecular complexity index is 338. The standard InChI is InChI=1S/C9H8O3/c1-7-8(5-6-12-7)3-4-9(10)11-2/h5-6H,1-2H3. The minimum absolute atomic E-state index is 0.546. The van der Waals surface area contributed by atoms with Crippen molar-refractivity contribution in [3.8, 4) is 11.8 Å². The van der Waals surface area contributed by atoms with Gasteiger partial charge in [0.05, 0.1) is 18.9 Å². The van der Waals surface area contributed by atoms with Gasteiger partial charge in [0, 0.05) is 5.92 Å². The molecule has 3 heteroatoms. The first-order chi connectivity index (χ1) is 5.74. The second-order valence-electron chi connectivity index (χ2n) is 2.13. The van der Waals surface area contributed by atoms with Crippen molar-refractivity contribution in [1.82, 2.24) is 0 Å². The first kappa shape index (κ1) is 8.41. The van der Waals surface area contributed by atoms with E-state index < -0.39 is 5.97 Å². The normalized spacial score (nSPS) is 8.50. The highest BCUT2D eigenvalue weighted by Gasteiger charge is 1.96. The molecule has 3 nitrogen and oxygen atoms in total.